The van der Waals surface area contributed by atoms with Crippen LogP contribution in [-0.4, -0.2) is 41.8 Å². The highest BCUT2D eigenvalue weighted by Gasteiger charge is 2.26. The minimum Gasteiger partial charge on any atom is -0.493 e. The van der Waals surface area contributed by atoms with E-state index in [-0.39, 0.29) is 34.7 Å². The third-order valence-electron chi connectivity index (χ3n) is 3.03. The first-order valence-corrected chi connectivity index (χ1v) is 8.77. The highest BCUT2D eigenvalue weighted by atomic mass is 32.2. The number of imidazole rings is 1. The maximum atomic E-state index is 11.8. The molecule has 2 aromatic rings. The predicted octanol–water partition coefficient (Wildman–Crippen LogP) is 2.06. The summed E-state index contributed by atoms with van der Waals surface area (Å²) < 4.78 is 35.2. The zero-order valence-electron chi connectivity index (χ0n) is 13.6. The van der Waals surface area contributed by atoms with Gasteiger partial charge in [-0.2, -0.15) is 0 Å². The van der Waals surface area contributed by atoms with Crippen LogP contribution in [-0.2, 0) is 10.0 Å². The molecule has 0 atom stereocenters. The molecule has 0 aliphatic rings. The summed E-state index contributed by atoms with van der Waals surface area (Å²) in [5.74, 6) is 0.157. The third-order valence-corrected chi connectivity index (χ3v) is 4.04. The van der Waals surface area contributed by atoms with Crippen molar-refractivity contribution in [1.82, 2.24) is 8.96 Å². The Bertz CT molecular complexity index is 873. The summed E-state index contributed by atoms with van der Waals surface area (Å²) in [5.41, 5.74) is -0.105. The van der Waals surface area contributed by atoms with E-state index in [1.807, 2.05) is 0 Å². The zero-order valence-corrected chi connectivity index (χ0v) is 14.4. The lowest BCUT2D eigenvalue weighted by Crippen LogP contribution is -2.11. The Labute approximate surface area is 139 Å². The van der Waals surface area contributed by atoms with E-state index in [4.69, 9.17) is 9.47 Å². The van der Waals surface area contributed by atoms with Gasteiger partial charge in [-0.05, 0) is 19.9 Å². The van der Waals surface area contributed by atoms with Crippen LogP contribution in [0.3, 0.4) is 0 Å². The first kappa shape index (κ1) is 17.7. The predicted molar refractivity (Wildman–Crippen MR) is 86.9 cm³/mol. The minimum atomic E-state index is -3.61. The molecule has 1 aromatic heterocycles. The van der Waals surface area contributed by atoms with Crippen molar-refractivity contribution >= 4 is 15.7 Å². The van der Waals surface area contributed by atoms with Gasteiger partial charge < -0.3 is 9.47 Å². The van der Waals surface area contributed by atoms with Gasteiger partial charge >= 0.3 is 5.69 Å². The monoisotopic (exact) mass is 355 g/mol. The molecule has 1 aromatic carbocycles. The molecule has 0 unspecified atom stereocenters. The molecule has 0 radical (unpaired) electrons. The molecular weight excluding hydrogens is 338 g/mol. The maximum Gasteiger partial charge on any atom is 0.315 e. The second-order valence-electron chi connectivity index (χ2n) is 5.26. The van der Waals surface area contributed by atoms with Gasteiger partial charge in [0.2, 0.25) is 15.8 Å². The molecule has 0 spiro atoms. The van der Waals surface area contributed by atoms with Crippen molar-refractivity contribution in [3.63, 3.8) is 0 Å². The fourth-order valence-electron chi connectivity index (χ4n) is 2.12. The van der Waals surface area contributed by atoms with Gasteiger partial charge in [0.05, 0.1) is 24.4 Å². The number of nitro benzene ring substituents is 1. The number of nitro groups is 1. The Kier molecular flexibility index (Phi) is 4.78. The van der Waals surface area contributed by atoms with Gasteiger partial charge in [0.1, 0.15) is 0 Å². The molecule has 130 valence electrons. The molecule has 1 heterocycles. The summed E-state index contributed by atoms with van der Waals surface area (Å²) in [7, 11) is -2.26. The van der Waals surface area contributed by atoms with E-state index >= 15 is 0 Å². The van der Waals surface area contributed by atoms with Crippen LogP contribution in [0.15, 0.2) is 24.5 Å². The summed E-state index contributed by atoms with van der Waals surface area (Å²) in [5, 5.41) is 11.4. The number of rotatable bonds is 6. The first-order chi connectivity index (χ1) is 11.1. The summed E-state index contributed by atoms with van der Waals surface area (Å²) >= 11 is 0. The van der Waals surface area contributed by atoms with Crippen LogP contribution in [0.5, 0.6) is 11.5 Å². The number of ether oxygens (including phenoxy) is 2. The minimum absolute atomic E-state index is 0.0151. The summed E-state index contributed by atoms with van der Waals surface area (Å²) in [6.07, 6.45) is 3.27. The van der Waals surface area contributed by atoms with Crippen LogP contribution in [0.2, 0.25) is 0 Å². The summed E-state index contributed by atoms with van der Waals surface area (Å²) in [6, 6.07) is 2.67. The first-order valence-electron chi connectivity index (χ1n) is 6.92. The second kappa shape index (κ2) is 6.48. The van der Waals surface area contributed by atoms with Gasteiger partial charge in [-0.25, -0.2) is 17.4 Å². The highest BCUT2D eigenvalue weighted by Crippen LogP contribution is 2.41. The molecule has 2 rings (SSSR count). The van der Waals surface area contributed by atoms with E-state index in [1.165, 1.54) is 31.6 Å². The zero-order chi connectivity index (χ0) is 18.1. The number of hydrogen-bond acceptors (Lipinski definition) is 7. The fourth-order valence-corrected chi connectivity index (χ4v) is 2.86. The van der Waals surface area contributed by atoms with Crippen LogP contribution in [0.25, 0.3) is 11.4 Å². The Hall–Kier alpha value is -2.62. The molecule has 0 bridgehead atoms. The average molecular weight is 355 g/mol. The van der Waals surface area contributed by atoms with Crippen LogP contribution < -0.4 is 9.47 Å². The third kappa shape index (κ3) is 3.48. The van der Waals surface area contributed by atoms with Crippen LogP contribution >= 0.6 is 0 Å². The van der Waals surface area contributed by atoms with Crippen molar-refractivity contribution < 1.29 is 22.8 Å². The molecule has 0 N–H and O–H groups in total. The largest absolute Gasteiger partial charge is 0.493 e. The number of benzene rings is 1. The number of methoxy groups -OCH3 is 1. The van der Waals surface area contributed by atoms with Crippen molar-refractivity contribution in [2.75, 3.05) is 13.4 Å². The van der Waals surface area contributed by atoms with Gasteiger partial charge in [0.15, 0.2) is 11.6 Å². The molecule has 0 fully saturated rings. The van der Waals surface area contributed by atoms with Crippen LogP contribution in [0, 0.1) is 10.1 Å². The van der Waals surface area contributed by atoms with Crippen molar-refractivity contribution in [3.05, 3.63) is 34.6 Å². The Morgan fingerprint density at radius 3 is 2.50 bits per heavy atom. The van der Waals surface area contributed by atoms with Gasteiger partial charge in [-0.15, -0.1) is 0 Å². The summed E-state index contributed by atoms with van der Waals surface area (Å²) in [6.45, 7) is 3.46. The lowest BCUT2D eigenvalue weighted by Gasteiger charge is -2.15. The Morgan fingerprint density at radius 1 is 1.33 bits per heavy atom. The molecule has 10 heteroatoms. The van der Waals surface area contributed by atoms with E-state index in [9.17, 15) is 18.5 Å². The highest BCUT2D eigenvalue weighted by molar-refractivity contribution is 7.89. The standard InChI is InChI=1S/C14H17N3O6S/c1-9(2)23-13-11(17(18)19)7-10(8-12(13)22-3)14-15-5-6-16(14)24(4,20)21/h5-9H,1-4H3. The topological polar surface area (TPSA) is 114 Å². The van der Waals surface area contributed by atoms with E-state index in [2.05, 4.69) is 4.98 Å². The van der Waals surface area contributed by atoms with Gasteiger partial charge in [0, 0.05) is 24.0 Å². The van der Waals surface area contributed by atoms with E-state index in [0.29, 0.717) is 0 Å². The van der Waals surface area contributed by atoms with Crippen molar-refractivity contribution in [2.45, 2.75) is 20.0 Å². The van der Waals surface area contributed by atoms with E-state index < -0.39 is 14.9 Å². The van der Waals surface area contributed by atoms with Gasteiger partial charge in [-0.3, -0.25) is 10.1 Å². The van der Waals surface area contributed by atoms with E-state index in [1.54, 1.807) is 13.8 Å². The Balaban J connectivity index is 2.72. The quantitative estimate of drug-likeness (QED) is 0.575. The molecule has 0 saturated heterocycles. The molecule has 0 aliphatic heterocycles. The SMILES string of the molecule is COc1cc(-c2nccn2S(C)(=O)=O)cc([N+](=O)[O-])c1OC(C)C. The molecule has 0 amide bonds. The van der Waals surface area contributed by atoms with Crippen LogP contribution in [0.4, 0.5) is 5.69 Å². The second-order valence-corrected chi connectivity index (χ2v) is 7.12. The molecule has 9 nitrogen and oxygen atoms in total. The Morgan fingerprint density at radius 2 is 2.00 bits per heavy atom. The normalized spacial score (nSPS) is 11.5. The van der Waals surface area contributed by atoms with Gasteiger partial charge in [-0.1, -0.05) is 0 Å². The lowest BCUT2D eigenvalue weighted by atomic mass is 10.1. The average Bonchev–Trinajstić information content (AvgIpc) is 2.96. The van der Waals surface area contributed by atoms with E-state index in [0.717, 1.165) is 10.2 Å². The van der Waals surface area contributed by atoms with Gasteiger partial charge in [0.25, 0.3) is 0 Å². The smallest absolute Gasteiger partial charge is 0.315 e. The molecular formula is C14H17N3O6S. The number of nitrogens with zero attached hydrogens (tertiary/aromatic N) is 3. The molecule has 0 saturated carbocycles. The van der Waals surface area contributed by atoms with Crippen molar-refractivity contribution in [1.29, 1.82) is 0 Å². The van der Waals surface area contributed by atoms with Crippen molar-refractivity contribution in [3.8, 4) is 22.9 Å². The number of aromatic nitrogens is 2. The lowest BCUT2D eigenvalue weighted by molar-refractivity contribution is -0.386. The fraction of sp³-hybridized carbons (Fsp3) is 0.357. The molecule has 24 heavy (non-hydrogen) atoms. The molecule has 0 aliphatic carbocycles. The maximum absolute atomic E-state index is 11.8. The van der Waals surface area contributed by atoms with Crippen molar-refractivity contribution in [2.24, 2.45) is 0 Å². The number of hydrogen-bond donors (Lipinski definition) is 0. The van der Waals surface area contributed by atoms with Crippen LogP contribution in [0.1, 0.15) is 13.8 Å². The summed E-state index contributed by atoms with van der Waals surface area (Å²) in [4.78, 5) is 14.8.